The van der Waals surface area contributed by atoms with E-state index >= 15 is 0 Å². The van der Waals surface area contributed by atoms with Crippen molar-refractivity contribution in [3.8, 4) is 0 Å². The topological polar surface area (TPSA) is 41.6 Å². The highest BCUT2D eigenvalue weighted by Crippen LogP contribution is 2.26. The number of hydrogen-bond acceptors (Lipinski definition) is 3. The van der Waals surface area contributed by atoms with Crippen molar-refractivity contribution in [2.45, 2.75) is 18.5 Å². The summed E-state index contributed by atoms with van der Waals surface area (Å²) in [5.74, 6) is -6.46. The van der Waals surface area contributed by atoms with Crippen LogP contribution in [0.1, 0.15) is 0 Å². The highest BCUT2D eigenvalue weighted by Gasteiger charge is 2.51. The molecule has 1 heterocycles. The first kappa shape index (κ1) is 14.2. The van der Waals surface area contributed by atoms with Gasteiger partial charge in [-0.05, 0) is 7.05 Å². The lowest BCUT2D eigenvalue weighted by atomic mass is 10.2. The highest BCUT2D eigenvalue weighted by molar-refractivity contribution is 5.84. The number of morpholine rings is 1. The smallest absolute Gasteiger partial charge is 0.373 e. The van der Waals surface area contributed by atoms with Crippen LogP contribution in [-0.4, -0.2) is 62.5 Å². The molecule has 0 aromatic rings. The van der Waals surface area contributed by atoms with Gasteiger partial charge in [-0.2, -0.15) is 8.78 Å². The molecule has 0 aliphatic carbocycles. The first-order chi connectivity index (χ1) is 7.89. The average Bonchev–Trinajstić information content (AvgIpc) is 2.28. The molecule has 0 spiro atoms. The molecule has 4 nitrogen and oxygen atoms in total. The van der Waals surface area contributed by atoms with E-state index in [0.29, 0.717) is 6.54 Å². The van der Waals surface area contributed by atoms with E-state index in [0.717, 1.165) is 4.90 Å². The third-order valence-electron chi connectivity index (χ3n) is 2.42. The van der Waals surface area contributed by atoms with Gasteiger partial charge in [-0.1, -0.05) is 0 Å². The fourth-order valence-corrected chi connectivity index (χ4v) is 1.56. The highest BCUT2D eigenvalue weighted by atomic mass is 19.3. The van der Waals surface area contributed by atoms with Crippen LogP contribution < -0.4 is 5.32 Å². The monoisotopic (exact) mass is 258 g/mol. The minimum Gasteiger partial charge on any atom is -0.373 e. The van der Waals surface area contributed by atoms with Crippen molar-refractivity contribution in [3.63, 3.8) is 0 Å². The molecule has 1 amide bonds. The summed E-state index contributed by atoms with van der Waals surface area (Å²) in [4.78, 5) is 12.0. The van der Waals surface area contributed by atoms with Gasteiger partial charge in [0, 0.05) is 19.6 Å². The van der Waals surface area contributed by atoms with E-state index in [-0.39, 0.29) is 19.7 Å². The van der Waals surface area contributed by atoms with E-state index in [4.69, 9.17) is 4.74 Å². The molecule has 0 saturated carbocycles. The summed E-state index contributed by atoms with van der Waals surface area (Å²) < 4.78 is 54.9. The van der Waals surface area contributed by atoms with Gasteiger partial charge in [0.2, 0.25) is 0 Å². The summed E-state index contributed by atoms with van der Waals surface area (Å²) in [5, 5.41) is 2.76. The summed E-state index contributed by atoms with van der Waals surface area (Å²) in [6.45, 7) is 0.227. The number of amides is 1. The van der Waals surface area contributed by atoms with Gasteiger partial charge in [0.05, 0.1) is 12.7 Å². The zero-order chi connectivity index (χ0) is 13.1. The second-order valence-electron chi connectivity index (χ2n) is 3.73. The molecule has 1 N–H and O–H groups in total. The van der Waals surface area contributed by atoms with Crippen molar-refractivity contribution in [3.05, 3.63) is 0 Å². The summed E-state index contributed by atoms with van der Waals surface area (Å²) in [5.41, 5.74) is 0. The molecule has 1 saturated heterocycles. The van der Waals surface area contributed by atoms with E-state index in [1.54, 1.807) is 7.05 Å². The Morgan fingerprint density at radius 1 is 1.59 bits per heavy atom. The lowest BCUT2D eigenvalue weighted by Crippen LogP contribution is -2.55. The quantitative estimate of drug-likeness (QED) is 0.739. The first-order valence-electron chi connectivity index (χ1n) is 5.11. The molecule has 1 aliphatic heterocycles. The summed E-state index contributed by atoms with van der Waals surface area (Å²) in [6.07, 6.45) is -4.44. The molecule has 1 rings (SSSR count). The van der Waals surface area contributed by atoms with E-state index in [9.17, 15) is 22.4 Å². The zero-order valence-electron chi connectivity index (χ0n) is 9.26. The van der Waals surface area contributed by atoms with Crippen LogP contribution in [0, 0.1) is 0 Å². The van der Waals surface area contributed by atoms with E-state index < -0.39 is 24.4 Å². The predicted molar refractivity (Wildman–Crippen MR) is 51.2 cm³/mol. The maximum Gasteiger partial charge on any atom is 0.383 e. The number of rotatable bonds is 4. The van der Waals surface area contributed by atoms with Gasteiger partial charge < -0.3 is 15.0 Å². The molecule has 1 fully saturated rings. The van der Waals surface area contributed by atoms with Crippen LogP contribution in [0.15, 0.2) is 0 Å². The normalized spacial score (nSPS) is 22.0. The van der Waals surface area contributed by atoms with Crippen LogP contribution in [0.4, 0.5) is 17.6 Å². The Kier molecular flexibility index (Phi) is 4.70. The van der Waals surface area contributed by atoms with Gasteiger partial charge in [0.25, 0.3) is 5.91 Å². The van der Waals surface area contributed by atoms with Gasteiger partial charge in [0.1, 0.15) is 0 Å². The second-order valence-corrected chi connectivity index (χ2v) is 3.73. The van der Waals surface area contributed by atoms with Crippen LogP contribution in [-0.2, 0) is 9.53 Å². The third-order valence-corrected chi connectivity index (χ3v) is 2.42. The average molecular weight is 258 g/mol. The third kappa shape index (κ3) is 3.29. The minimum atomic E-state index is -4.62. The molecule has 1 atom stereocenters. The van der Waals surface area contributed by atoms with Crippen LogP contribution in [0.3, 0.4) is 0 Å². The van der Waals surface area contributed by atoms with Gasteiger partial charge in [0.15, 0.2) is 0 Å². The Hall–Kier alpha value is -0.890. The van der Waals surface area contributed by atoms with Crippen molar-refractivity contribution in [2.24, 2.45) is 0 Å². The van der Waals surface area contributed by atoms with Crippen molar-refractivity contribution in [2.75, 3.05) is 33.3 Å². The minimum absolute atomic E-state index is 0.0669. The second kappa shape index (κ2) is 5.63. The number of carbonyl (C=O) groups is 1. The Labute approximate surface area is 95.9 Å². The van der Waals surface area contributed by atoms with Crippen LogP contribution in [0.2, 0.25) is 0 Å². The number of carbonyl (C=O) groups excluding carboxylic acids is 1. The zero-order valence-corrected chi connectivity index (χ0v) is 9.26. The standard InChI is InChI=1S/C9H14F4N2O2/c1-14-4-6-5-15(2-3-17-6)8(16)9(12,13)7(10)11/h6-7,14H,2-5H2,1H3. The fraction of sp³-hybridized carbons (Fsp3) is 0.889. The Morgan fingerprint density at radius 3 is 2.76 bits per heavy atom. The van der Waals surface area contributed by atoms with Crippen LogP contribution in [0.5, 0.6) is 0 Å². The van der Waals surface area contributed by atoms with E-state index in [1.165, 1.54) is 0 Å². The fourth-order valence-electron chi connectivity index (χ4n) is 1.56. The first-order valence-corrected chi connectivity index (χ1v) is 5.11. The summed E-state index contributed by atoms with van der Waals surface area (Å²) in [6, 6.07) is 0. The molecule has 1 unspecified atom stereocenters. The molecular formula is C9H14F4N2O2. The van der Waals surface area contributed by atoms with Crippen molar-refractivity contribution in [1.82, 2.24) is 10.2 Å². The lowest BCUT2D eigenvalue weighted by molar-refractivity contribution is -0.186. The number of nitrogens with one attached hydrogen (secondary N) is 1. The predicted octanol–water partition coefficient (Wildman–Crippen LogP) is 0.334. The summed E-state index contributed by atoms with van der Waals surface area (Å²) in [7, 11) is 1.64. The molecule has 0 radical (unpaired) electrons. The van der Waals surface area contributed by atoms with Crippen molar-refractivity contribution < 1.29 is 27.1 Å². The number of hydrogen-bond donors (Lipinski definition) is 1. The van der Waals surface area contributed by atoms with Crippen molar-refractivity contribution >= 4 is 5.91 Å². The molecular weight excluding hydrogens is 244 g/mol. The largest absolute Gasteiger partial charge is 0.383 e. The molecule has 1 aliphatic rings. The molecule has 100 valence electrons. The maximum absolute atomic E-state index is 12.8. The number of alkyl halides is 4. The van der Waals surface area contributed by atoms with Gasteiger partial charge in [-0.25, -0.2) is 8.78 Å². The Bertz CT molecular complexity index is 274. The Morgan fingerprint density at radius 2 is 2.24 bits per heavy atom. The number of ether oxygens (including phenoxy) is 1. The van der Waals surface area contributed by atoms with Crippen LogP contribution in [0.25, 0.3) is 0 Å². The molecule has 0 aromatic heterocycles. The van der Waals surface area contributed by atoms with Gasteiger partial charge in [-0.3, -0.25) is 4.79 Å². The lowest BCUT2D eigenvalue weighted by Gasteiger charge is -2.34. The SMILES string of the molecule is CNCC1CN(C(=O)C(F)(F)C(F)F)CCO1. The maximum atomic E-state index is 12.8. The number of halogens is 4. The number of nitrogens with zero attached hydrogens (tertiary/aromatic N) is 1. The molecule has 8 heteroatoms. The molecule has 0 bridgehead atoms. The van der Waals surface area contributed by atoms with E-state index in [1.807, 2.05) is 0 Å². The van der Waals surface area contributed by atoms with Crippen molar-refractivity contribution in [1.29, 1.82) is 0 Å². The van der Waals surface area contributed by atoms with Gasteiger partial charge in [-0.15, -0.1) is 0 Å². The molecule has 17 heavy (non-hydrogen) atoms. The Balaban J connectivity index is 2.63. The van der Waals surface area contributed by atoms with Gasteiger partial charge >= 0.3 is 12.3 Å². The summed E-state index contributed by atoms with van der Waals surface area (Å²) >= 11 is 0. The number of likely N-dealkylation sites (N-methyl/N-ethyl adjacent to an activating group) is 1. The van der Waals surface area contributed by atoms with E-state index in [2.05, 4.69) is 5.32 Å². The van der Waals surface area contributed by atoms with Crippen LogP contribution >= 0.6 is 0 Å². The molecule has 0 aromatic carbocycles.